The van der Waals surface area contributed by atoms with E-state index in [0.29, 0.717) is 23.7 Å². The van der Waals surface area contributed by atoms with E-state index in [2.05, 4.69) is 9.47 Å². The molecule has 6 aromatic rings. The molecule has 0 heterocycles. The monoisotopic (exact) mass is 1160 g/mol. The van der Waals surface area contributed by atoms with E-state index in [4.69, 9.17) is 24.8 Å². The van der Waals surface area contributed by atoms with Gasteiger partial charge in [0.15, 0.2) is 0 Å². The van der Waals surface area contributed by atoms with Crippen LogP contribution in [-0.4, -0.2) is 142 Å². The van der Waals surface area contributed by atoms with Crippen molar-refractivity contribution in [3.8, 4) is 22.3 Å². The lowest BCUT2D eigenvalue weighted by Gasteiger charge is -2.16. The number of halogens is 6. The summed E-state index contributed by atoms with van der Waals surface area (Å²) in [5.74, 6) is -19.5. The minimum absolute atomic E-state index is 0.00363. The van der Waals surface area contributed by atoms with Crippen molar-refractivity contribution in [1.29, 1.82) is 0 Å². The van der Waals surface area contributed by atoms with Crippen molar-refractivity contribution in [3.05, 3.63) is 190 Å². The number of amides is 3. The number of fused-ring (bicyclic) bond motifs is 6. The van der Waals surface area contributed by atoms with Crippen molar-refractivity contribution in [1.82, 2.24) is 16.0 Å². The number of hydrogen-bond acceptors (Lipinski definition) is 14. The summed E-state index contributed by atoms with van der Waals surface area (Å²) in [5, 5.41) is 29.4. The third kappa shape index (κ3) is 18.0. The Labute approximate surface area is 469 Å². The fraction of sp³-hybridized carbons (Fsp3) is 0.224. The van der Waals surface area contributed by atoms with Crippen molar-refractivity contribution in [3.63, 3.8) is 0 Å². The first-order chi connectivity index (χ1) is 39.5. The summed E-state index contributed by atoms with van der Waals surface area (Å²) in [7, 11) is 2.68. The molecule has 3 amide bonds. The number of carboxylic acids is 2. The molecule has 2 aliphatic carbocycles. The Hall–Kier alpha value is -9.91. The number of ether oxygens (including phenoxy) is 4. The van der Waals surface area contributed by atoms with E-state index < -0.39 is 79.4 Å². The van der Waals surface area contributed by atoms with Crippen LogP contribution in [0.25, 0.3) is 22.3 Å². The zero-order valence-electron chi connectivity index (χ0n) is 44.1. The maximum atomic E-state index is 13.4. The van der Waals surface area contributed by atoms with E-state index in [0.717, 1.165) is 65.8 Å². The first kappa shape index (κ1) is 65.6. The van der Waals surface area contributed by atoms with Gasteiger partial charge in [0.25, 0.3) is 5.91 Å². The van der Waals surface area contributed by atoms with Crippen LogP contribution in [0.5, 0.6) is 0 Å². The lowest BCUT2D eigenvalue weighted by Crippen LogP contribution is -2.43. The third-order valence-electron chi connectivity index (χ3n) is 12.0. The van der Waals surface area contributed by atoms with Crippen LogP contribution in [0.2, 0.25) is 0 Å². The van der Waals surface area contributed by atoms with Crippen LogP contribution in [-0.2, 0) is 33.3 Å². The molecular weight excluding hydrogens is 1110 g/mol. The van der Waals surface area contributed by atoms with Gasteiger partial charge in [-0.1, -0.05) is 121 Å². The number of rotatable bonds is 17. The van der Waals surface area contributed by atoms with E-state index in [-0.39, 0.29) is 36.2 Å². The van der Waals surface area contributed by atoms with Gasteiger partial charge in [-0.25, -0.2) is 28.8 Å². The van der Waals surface area contributed by atoms with Gasteiger partial charge in [-0.15, -0.1) is 0 Å². The second-order valence-corrected chi connectivity index (χ2v) is 17.2. The van der Waals surface area contributed by atoms with Gasteiger partial charge in [0.05, 0.1) is 39.4 Å². The van der Waals surface area contributed by atoms with E-state index in [1.807, 2.05) is 108 Å². The van der Waals surface area contributed by atoms with E-state index >= 15 is 0 Å². The van der Waals surface area contributed by atoms with Crippen LogP contribution >= 0.6 is 0 Å². The highest BCUT2D eigenvalue weighted by Gasteiger charge is 2.42. The lowest BCUT2D eigenvalue weighted by atomic mass is 9.98. The predicted octanol–water partition coefficient (Wildman–Crippen LogP) is 8.42. The fourth-order valence-corrected chi connectivity index (χ4v) is 7.89. The molecule has 0 saturated heterocycles. The molecule has 6 N–H and O–H groups in total. The number of esters is 2. The summed E-state index contributed by atoms with van der Waals surface area (Å²) in [6.45, 7) is -3.69. The number of aldehydes is 2. The van der Waals surface area contributed by atoms with Gasteiger partial charge in [0, 0.05) is 35.6 Å². The normalized spacial score (nSPS) is 11.7. The quantitative estimate of drug-likeness (QED) is 0.0216. The molecule has 0 saturated carbocycles. The fourth-order valence-electron chi connectivity index (χ4n) is 7.89. The van der Waals surface area contributed by atoms with Crippen LogP contribution < -0.4 is 16.0 Å². The van der Waals surface area contributed by atoms with E-state index in [9.17, 15) is 69.5 Å². The molecule has 0 radical (unpaired) electrons. The number of carbonyl (C=O) groups excluding carboxylic acids is 7. The Morgan fingerprint density at radius 3 is 1.06 bits per heavy atom. The number of carboxylic acid groups (broad SMARTS) is 2. The SMILES string of the molecule is CO.COC(=O)C(F)(F)CNC(=O)OCC1c2ccccc2-c2ccccc21.COC(=O)C(F)(F)CNC(=O)c1ccc(C=O)cc1.O=C(NCC(F)(F)C(=O)O)OCC1c2ccccc2-c2ccccc21.O=Cc1ccc(C(=O)O)cc1. The molecule has 438 valence electrons. The van der Waals surface area contributed by atoms with Crippen LogP contribution in [0.3, 0.4) is 0 Å². The zero-order chi connectivity index (χ0) is 61.5. The number of alkyl halides is 6. The van der Waals surface area contributed by atoms with E-state index in [1.165, 1.54) is 48.5 Å². The number of alkyl carbamates (subject to hydrolysis) is 2. The van der Waals surface area contributed by atoms with Crippen LogP contribution in [0.4, 0.5) is 35.9 Å². The van der Waals surface area contributed by atoms with Crippen LogP contribution in [0.15, 0.2) is 146 Å². The molecule has 0 spiro atoms. The average molecular weight is 1160 g/mol. The molecule has 0 fully saturated rings. The Balaban J connectivity index is 0.000000244. The molecule has 0 unspecified atom stereocenters. The minimum Gasteiger partial charge on any atom is -0.478 e. The molecule has 83 heavy (non-hydrogen) atoms. The first-order valence-corrected chi connectivity index (χ1v) is 24.3. The number of benzene rings is 6. The molecule has 0 bridgehead atoms. The van der Waals surface area contributed by atoms with Crippen molar-refractivity contribution in [2.45, 2.75) is 29.6 Å². The predicted molar refractivity (Wildman–Crippen MR) is 284 cm³/mol. The van der Waals surface area contributed by atoms with Gasteiger partial charge in [0.2, 0.25) is 0 Å². The molecule has 0 aromatic heterocycles. The molecule has 0 atom stereocenters. The maximum Gasteiger partial charge on any atom is 0.407 e. The Bertz CT molecular complexity index is 3160. The largest absolute Gasteiger partial charge is 0.478 e. The van der Waals surface area contributed by atoms with Crippen LogP contribution in [0.1, 0.15) is 75.5 Å². The standard InChI is InChI=1S/C19H17F2NO4.C18H15F2NO4.C12H11F2NO4.C8H6O3.CH4O/c1-25-17(23)19(20,21)11-22-18(24)26-10-16-14-8-4-2-6-12(14)13-7-3-5-9-15(13)16;19-18(20,16(22)23)10-21-17(24)25-9-15-13-7-3-1-5-11(13)12-6-2-4-8-14(12)15;1-19-11(18)12(13,14)7-15-10(17)9-4-2-8(6-16)3-5-9;9-5-6-1-3-7(4-2-6)8(10)11;1-2/h2-9,16H,10-11H2,1H3,(H,22,24);1-8,15H,9-10H2,(H,21,24)(H,22,23);2-6H,7H2,1H3,(H,15,17);1-5H,(H,10,11);2H,1H3. The molecule has 25 heteroatoms. The Kier molecular flexibility index (Phi) is 24.2. The van der Waals surface area contributed by atoms with Gasteiger partial charge in [-0.3, -0.25) is 14.4 Å². The number of methoxy groups -OCH3 is 2. The maximum absolute atomic E-state index is 13.4. The lowest BCUT2D eigenvalue weighted by molar-refractivity contribution is -0.168. The number of aliphatic hydroxyl groups is 1. The van der Waals surface area contributed by atoms with Gasteiger partial charge in [-0.05, 0) is 68.8 Å². The summed E-state index contributed by atoms with van der Waals surface area (Å²) in [6, 6.07) is 42.1. The summed E-state index contributed by atoms with van der Waals surface area (Å²) in [5.41, 5.74) is 9.37. The number of aromatic carboxylic acids is 1. The summed E-state index contributed by atoms with van der Waals surface area (Å²) in [6.07, 6.45) is -0.836. The van der Waals surface area contributed by atoms with Crippen molar-refractivity contribution in [2.75, 3.05) is 54.2 Å². The average Bonchev–Trinajstić information content (AvgIpc) is 3.50. The molecule has 6 aromatic carbocycles. The van der Waals surface area contributed by atoms with Gasteiger partial charge < -0.3 is 50.2 Å². The highest BCUT2D eigenvalue weighted by molar-refractivity contribution is 5.95. The Morgan fingerprint density at radius 2 is 0.759 bits per heavy atom. The van der Waals surface area contributed by atoms with E-state index in [1.54, 1.807) is 5.32 Å². The minimum atomic E-state index is -4.04. The number of hydrogen-bond donors (Lipinski definition) is 6. The number of aliphatic carboxylic acids is 1. The van der Waals surface area contributed by atoms with Crippen molar-refractivity contribution in [2.24, 2.45) is 0 Å². The molecule has 8 rings (SSSR count). The molecule has 0 aliphatic heterocycles. The van der Waals surface area contributed by atoms with Crippen molar-refractivity contribution < 1.29 is 104 Å². The highest BCUT2D eigenvalue weighted by atomic mass is 19.3. The summed E-state index contributed by atoms with van der Waals surface area (Å²) < 4.78 is 96.9. The van der Waals surface area contributed by atoms with Gasteiger partial charge in [0.1, 0.15) is 25.8 Å². The highest BCUT2D eigenvalue weighted by Crippen LogP contribution is 2.45. The Morgan fingerprint density at radius 1 is 0.458 bits per heavy atom. The number of nitrogens with one attached hydrogen (secondary N) is 3. The first-order valence-electron chi connectivity index (χ1n) is 24.3. The second-order valence-electron chi connectivity index (χ2n) is 17.2. The summed E-state index contributed by atoms with van der Waals surface area (Å²) >= 11 is 0. The number of aliphatic hydroxyl groups excluding tert-OH is 1. The smallest absolute Gasteiger partial charge is 0.407 e. The zero-order valence-corrected chi connectivity index (χ0v) is 44.1. The van der Waals surface area contributed by atoms with Crippen LogP contribution in [0, 0.1) is 0 Å². The number of carbonyl (C=O) groups is 9. The topological polar surface area (TPSA) is 287 Å². The third-order valence-corrected chi connectivity index (χ3v) is 12.0. The van der Waals surface area contributed by atoms with Crippen molar-refractivity contribution >= 4 is 54.5 Å². The summed E-state index contributed by atoms with van der Waals surface area (Å²) in [4.78, 5) is 97.7. The molecule has 2 aliphatic rings. The van der Waals surface area contributed by atoms with Gasteiger partial charge in [-0.2, -0.15) is 26.3 Å². The van der Waals surface area contributed by atoms with Gasteiger partial charge >= 0.3 is 53.8 Å². The second kappa shape index (κ2) is 30.6. The molecular formula is C58H53F6N3O16. The molecule has 19 nitrogen and oxygen atoms in total.